The molecule has 2 unspecified atom stereocenters. The lowest BCUT2D eigenvalue weighted by molar-refractivity contribution is 0.00638. The molecular formula is C13H15IO4. The lowest BCUT2D eigenvalue weighted by Gasteiger charge is -2.28. The van der Waals surface area contributed by atoms with Gasteiger partial charge < -0.3 is 14.9 Å². The van der Waals surface area contributed by atoms with Gasteiger partial charge in [-0.25, -0.2) is 4.79 Å². The minimum atomic E-state index is -0.972. The molecule has 1 aliphatic rings. The number of hydrogen-bond donors (Lipinski definition) is 2. The number of carboxylic acids is 1. The molecule has 18 heavy (non-hydrogen) atoms. The summed E-state index contributed by atoms with van der Waals surface area (Å²) >= 11 is 2.10. The highest BCUT2D eigenvalue weighted by molar-refractivity contribution is 14.1. The first-order valence-corrected chi connectivity index (χ1v) is 7.03. The number of ether oxygens (including phenoxy) is 1. The summed E-state index contributed by atoms with van der Waals surface area (Å²) in [5.41, 5.74) is 0.204. The van der Waals surface area contributed by atoms with Crippen molar-refractivity contribution in [1.82, 2.24) is 0 Å². The van der Waals surface area contributed by atoms with E-state index in [1.54, 1.807) is 12.1 Å². The zero-order valence-electron chi connectivity index (χ0n) is 9.80. The SMILES string of the molecule is O=C(O)c1ccc(I)c(OC2CCCCC2O)c1. The summed E-state index contributed by atoms with van der Waals surface area (Å²) in [4.78, 5) is 10.9. The van der Waals surface area contributed by atoms with E-state index in [1.807, 2.05) is 0 Å². The fraction of sp³-hybridized carbons (Fsp3) is 0.462. The average Bonchev–Trinajstić information content (AvgIpc) is 2.34. The molecule has 0 aliphatic heterocycles. The molecule has 0 radical (unpaired) electrons. The van der Waals surface area contributed by atoms with E-state index in [4.69, 9.17) is 9.84 Å². The van der Waals surface area contributed by atoms with Gasteiger partial charge in [-0.15, -0.1) is 0 Å². The number of rotatable bonds is 3. The zero-order chi connectivity index (χ0) is 13.1. The van der Waals surface area contributed by atoms with Crippen LogP contribution in [0.3, 0.4) is 0 Å². The Kier molecular flexibility index (Phi) is 4.45. The molecule has 0 spiro atoms. The Labute approximate surface area is 119 Å². The summed E-state index contributed by atoms with van der Waals surface area (Å²) in [6.07, 6.45) is 2.94. The number of hydrogen-bond acceptors (Lipinski definition) is 3. The monoisotopic (exact) mass is 362 g/mol. The largest absolute Gasteiger partial charge is 0.487 e. The first kappa shape index (κ1) is 13.6. The van der Waals surface area contributed by atoms with Gasteiger partial charge in [0.05, 0.1) is 15.2 Å². The van der Waals surface area contributed by atoms with E-state index in [-0.39, 0.29) is 11.7 Å². The Bertz CT molecular complexity index is 447. The Morgan fingerprint density at radius 3 is 2.72 bits per heavy atom. The lowest BCUT2D eigenvalue weighted by Crippen LogP contribution is -2.34. The van der Waals surface area contributed by atoms with Gasteiger partial charge in [0.15, 0.2) is 0 Å². The normalized spacial score (nSPS) is 23.7. The third-order valence-electron chi connectivity index (χ3n) is 3.12. The fourth-order valence-corrected chi connectivity index (χ4v) is 2.57. The number of aliphatic hydroxyl groups excluding tert-OH is 1. The summed E-state index contributed by atoms with van der Waals surface area (Å²) in [6.45, 7) is 0. The van der Waals surface area contributed by atoms with Crippen molar-refractivity contribution in [2.75, 3.05) is 0 Å². The zero-order valence-corrected chi connectivity index (χ0v) is 12.0. The van der Waals surface area contributed by atoms with Crippen LogP contribution in [0.1, 0.15) is 36.0 Å². The molecule has 2 N–H and O–H groups in total. The molecule has 1 aromatic rings. The number of carboxylic acid groups (broad SMARTS) is 1. The van der Waals surface area contributed by atoms with Crippen LogP contribution in [0.15, 0.2) is 18.2 Å². The van der Waals surface area contributed by atoms with Gasteiger partial charge in [-0.05, 0) is 60.1 Å². The summed E-state index contributed by atoms with van der Waals surface area (Å²) in [6, 6.07) is 4.79. The van der Waals surface area contributed by atoms with Crippen LogP contribution >= 0.6 is 22.6 Å². The average molecular weight is 362 g/mol. The van der Waals surface area contributed by atoms with Gasteiger partial charge in [0.1, 0.15) is 11.9 Å². The smallest absolute Gasteiger partial charge is 0.335 e. The molecule has 5 heteroatoms. The van der Waals surface area contributed by atoms with Crippen LogP contribution in [0.25, 0.3) is 0 Å². The molecule has 2 rings (SSSR count). The van der Waals surface area contributed by atoms with E-state index >= 15 is 0 Å². The molecule has 1 fully saturated rings. The van der Waals surface area contributed by atoms with Crippen molar-refractivity contribution < 1.29 is 19.7 Å². The second-order valence-electron chi connectivity index (χ2n) is 4.46. The van der Waals surface area contributed by atoms with Gasteiger partial charge in [-0.2, -0.15) is 0 Å². The third-order valence-corrected chi connectivity index (χ3v) is 4.02. The molecule has 2 atom stereocenters. The van der Waals surface area contributed by atoms with E-state index < -0.39 is 12.1 Å². The highest BCUT2D eigenvalue weighted by atomic mass is 127. The van der Waals surface area contributed by atoms with Crippen LogP contribution < -0.4 is 4.74 Å². The summed E-state index contributed by atoms with van der Waals surface area (Å²) in [5.74, 6) is -0.429. The molecule has 0 saturated heterocycles. The number of benzene rings is 1. The molecular weight excluding hydrogens is 347 g/mol. The van der Waals surface area contributed by atoms with Crippen molar-refractivity contribution in [2.45, 2.75) is 37.9 Å². The van der Waals surface area contributed by atoms with E-state index in [0.29, 0.717) is 5.75 Å². The minimum Gasteiger partial charge on any atom is -0.487 e. The van der Waals surface area contributed by atoms with E-state index in [2.05, 4.69) is 22.6 Å². The van der Waals surface area contributed by atoms with Crippen LogP contribution in [-0.2, 0) is 0 Å². The first-order chi connectivity index (χ1) is 8.58. The molecule has 1 aliphatic carbocycles. The van der Waals surface area contributed by atoms with Crippen molar-refractivity contribution in [3.63, 3.8) is 0 Å². The first-order valence-electron chi connectivity index (χ1n) is 5.95. The van der Waals surface area contributed by atoms with Crippen molar-refractivity contribution >= 4 is 28.6 Å². The highest BCUT2D eigenvalue weighted by Gasteiger charge is 2.25. The Morgan fingerprint density at radius 2 is 2.06 bits per heavy atom. The number of aliphatic hydroxyl groups is 1. The van der Waals surface area contributed by atoms with Gasteiger partial charge in [0.2, 0.25) is 0 Å². The highest BCUT2D eigenvalue weighted by Crippen LogP contribution is 2.28. The van der Waals surface area contributed by atoms with Gasteiger partial charge >= 0.3 is 5.97 Å². The molecule has 1 aromatic carbocycles. The quantitative estimate of drug-likeness (QED) is 0.812. The molecule has 0 heterocycles. The van der Waals surface area contributed by atoms with Crippen molar-refractivity contribution in [3.05, 3.63) is 27.3 Å². The second-order valence-corrected chi connectivity index (χ2v) is 5.62. The van der Waals surface area contributed by atoms with Crippen LogP contribution in [0.4, 0.5) is 0 Å². The molecule has 4 nitrogen and oxygen atoms in total. The Balaban J connectivity index is 2.17. The van der Waals surface area contributed by atoms with Crippen LogP contribution in [0, 0.1) is 3.57 Å². The van der Waals surface area contributed by atoms with Gasteiger partial charge in [0.25, 0.3) is 0 Å². The maximum Gasteiger partial charge on any atom is 0.335 e. The maximum atomic E-state index is 10.9. The van der Waals surface area contributed by atoms with Crippen molar-refractivity contribution in [3.8, 4) is 5.75 Å². The van der Waals surface area contributed by atoms with E-state index in [1.165, 1.54) is 6.07 Å². The number of aromatic carboxylic acids is 1. The molecule has 0 aromatic heterocycles. The predicted molar refractivity (Wildman–Crippen MR) is 75.0 cm³/mol. The lowest BCUT2D eigenvalue weighted by atomic mass is 9.95. The number of halogens is 1. The summed E-state index contributed by atoms with van der Waals surface area (Å²) in [7, 11) is 0. The van der Waals surface area contributed by atoms with E-state index in [9.17, 15) is 9.90 Å². The molecule has 1 saturated carbocycles. The molecule has 0 bridgehead atoms. The Hall–Kier alpha value is -0.820. The van der Waals surface area contributed by atoms with Gasteiger partial charge in [-0.1, -0.05) is 6.42 Å². The predicted octanol–water partition coefficient (Wildman–Crippen LogP) is 2.67. The standard InChI is InChI=1S/C13H15IO4/c14-9-6-5-8(13(16)17)7-12(9)18-11-4-2-1-3-10(11)15/h5-7,10-11,15H,1-4H2,(H,16,17). The van der Waals surface area contributed by atoms with Crippen molar-refractivity contribution in [2.24, 2.45) is 0 Å². The van der Waals surface area contributed by atoms with E-state index in [0.717, 1.165) is 29.3 Å². The van der Waals surface area contributed by atoms with Crippen LogP contribution in [0.2, 0.25) is 0 Å². The molecule has 0 amide bonds. The Morgan fingerprint density at radius 1 is 1.33 bits per heavy atom. The van der Waals surface area contributed by atoms with Crippen molar-refractivity contribution in [1.29, 1.82) is 0 Å². The van der Waals surface area contributed by atoms with Gasteiger partial charge in [0, 0.05) is 0 Å². The second kappa shape index (κ2) is 5.88. The third kappa shape index (κ3) is 3.14. The van der Waals surface area contributed by atoms with Gasteiger partial charge in [-0.3, -0.25) is 0 Å². The summed E-state index contributed by atoms with van der Waals surface area (Å²) < 4.78 is 6.63. The number of carbonyl (C=O) groups is 1. The topological polar surface area (TPSA) is 66.8 Å². The molecule has 98 valence electrons. The maximum absolute atomic E-state index is 10.9. The fourth-order valence-electron chi connectivity index (χ4n) is 2.10. The van der Waals surface area contributed by atoms with Crippen LogP contribution in [0.5, 0.6) is 5.75 Å². The minimum absolute atomic E-state index is 0.204. The van der Waals surface area contributed by atoms with Crippen LogP contribution in [-0.4, -0.2) is 28.4 Å². The summed E-state index contributed by atoms with van der Waals surface area (Å²) in [5, 5.41) is 18.8.